The van der Waals surface area contributed by atoms with Crippen LogP contribution in [0, 0.1) is 0 Å². The summed E-state index contributed by atoms with van der Waals surface area (Å²) >= 11 is 0. The first-order valence-corrected chi connectivity index (χ1v) is 6.48. The second-order valence-electron chi connectivity index (χ2n) is 4.55. The fourth-order valence-electron chi connectivity index (χ4n) is 2.13. The van der Waals surface area contributed by atoms with E-state index in [0.717, 1.165) is 11.4 Å². The van der Waals surface area contributed by atoms with Crippen molar-refractivity contribution in [2.24, 2.45) is 0 Å². The Balaban J connectivity index is 1.88. The highest BCUT2D eigenvalue weighted by atomic mass is 15.5. The molecule has 0 saturated carbocycles. The fraction of sp³-hybridized carbons (Fsp3) is 0.133. The lowest BCUT2D eigenvalue weighted by Gasteiger charge is -2.18. The van der Waals surface area contributed by atoms with Crippen molar-refractivity contribution in [2.75, 3.05) is 5.32 Å². The molecular formula is C15H15N5. The standard InChI is InChI=1S/C15H15N5/c1-12(13-7-3-2-4-8-13)17-14-9-5-6-10-15(14)20-11-16-18-19-20/h2-12,17H,1H3. The number of para-hydroxylation sites is 2. The minimum atomic E-state index is 0.203. The summed E-state index contributed by atoms with van der Waals surface area (Å²) in [5.41, 5.74) is 3.16. The molecule has 0 spiro atoms. The van der Waals surface area contributed by atoms with Gasteiger partial charge in [-0.15, -0.1) is 5.10 Å². The van der Waals surface area contributed by atoms with E-state index in [1.807, 2.05) is 42.5 Å². The van der Waals surface area contributed by atoms with Crippen LogP contribution in [-0.2, 0) is 0 Å². The molecule has 1 N–H and O–H groups in total. The molecule has 0 aliphatic rings. The lowest BCUT2D eigenvalue weighted by atomic mass is 10.1. The molecule has 0 radical (unpaired) electrons. The van der Waals surface area contributed by atoms with E-state index in [2.05, 4.69) is 39.9 Å². The van der Waals surface area contributed by atoms with Crippen LogP contribution in [0.4, 0.5) is 5.69 Å². The zero-order valence-electron chi connectivity index (χ0n) is 11.1. The topological polar surface area (TPSA) is 55.6 Å². The molecule has 3 aromatic rings. The first kappa shape index (κ1) is 12.3. The van der Waals surface area contributed by atoms with Crippen LogP contribution in [0.5, 0.6) is 0 Å². The van der Waals surface area contributed by atoms with E-state index in [-0.39, 0.29) is 6.04 Å². The molecule has 2 aromatic carbocycles. The number of hydrogen-bond acceptors (Lipinski definition) is 4. The van der Waals surface area contributed by atoms with Crippen LogP contribution in [0.15, 0.2) is 60.9 Å². The van der Waals surface area contributed by atoms with Crippen LogP contribution in [0.25, 0.3) is 5.69 Å². The molecule has 0 bridgehead atoms. The molecule has 3 rings (SSSR count). The van der Waals surface area contributed by atoms with Gasteiger partial charge in [0.2, 0.25) is 0 Å². The number of aromatic nitrogens is 4. The highest BCUT2D eigenvalue weighted by Crippen LogP contribution is 2.24. The van der Waals surface area contributed by atoms with Gasteiger partial charge in [-0.2, -0.15) is 4.68 Å². The minimum Gasteiger partial charge on any atom is -0.377 e. The average molecular weight is 265 g/mol. The predicted octanol–water partition coefficient (Wildman–Crippen LogP) is 2.84. The van der Waals surface area contributed by atoms with Crippen molar-refractivity contribution in [3.63, 3.8) is 0 Å². The number of tetrazole rings is 1. The van der Waals surface area contributed by atoms with Crippen molar-refractivity contribution in [1.82, 2.24) is 20.2 Å². The van der Waals surface area contributed by atoms with Crippen molar-refractivity contribution in [1.29, 1.82) is 0 Å². The molecule has 1 aromatic heterocycles. The summed E-state index contributed by atoms with van der Waals surface area (Å²) in [6, 6.07) is 18.5. The number of nitrogens with zero attached hydrogens (tertiary/aromatic N) is 4. The van der Waals surface area contributed by atoms with Crippen LogP contribution >= 0.6 is 0 Å². The van der Waals surface area contributed by atoms with E-state index < -0.39 is 0 Å². The van der Waals surface area contributed by atoms with Gasteiger partial charge >= 0.3 is 0 Å². The van der Waals surface area contributed by atoms with Gasteiger partial charge in [-0.1, -0.05) is 42.5 Å². The van der Waals surface area contributed by atoms with Crippen molar-refractivity contribution in [2.45, 2.75) is 13.0 Å². The Labute approximate surface area is 117 Å². The normalized spacial score (nSPS) is 12.1. The summed E-state index contributed by atoms with van der Waals surface area (Å²) in [5.74, 6) is 0. The number of benzene rings is 2. The molecular weight excluding hydrogens is 250 g/mol. The minimum absolute atomic E-state index is 0.203. The largest absolute Gasteiger partial charge is 0.377 e. The Kier molecular flexibility index (Phi) is 3.41. The molecule has 0 amide bonds. The monoisotopic (exact) mass is 265 g/mol. The molecule has 0 aliphatic heterocycles. The van der Waals surface area contributed by atoms with Crippen LogP contribution in [0.1, 0.15) is 18.5 Å². The molecule has 1 heterocycles. The lowest BCUT2D eigenvalue weighted by Crippen LogP contribution is -2.09. The zero-order valence-corrected chi connectivity index (χ0v) is 11.1. The second kappa shape index (κ2) is 5.52. The van der Waals surface area contributed by atoms with E-state index in [9.17, 15) is 0 Å². The van der Waals surface area contributed by atoms with Gasteiger partial charge in [0, 0.05) is 6.04 Å². The third kappa shape index (κ3) is 2.51. The summed E-state index contributed by atoms with van der Waals surface area (Å²) in [6.45, 7) is 2.13. The van der Waals surface area contributed by atoms with Crippen LogP contribution in [-0.4, -0.2) is 20.2 Å². The predicted molar refractivity (Wildman–Crippen MR) is 77.6 cm³/mol. The van der Waals surface area contributed by atoms with E-state index >= 15 is 0 Å². The summed E-state index contributed by atoms with van der Waals surface area (Å²) < 4.78 is 1.65. The van der Waals surface area contributed by atoms with Crippen LogP contribution in [0.2, 0.25) is 0 Å². The molecule has 1 unspecified atom stereocenters. The van der Waals surface area contributed by atoms with Gasteiger partial charge in [-0.05, 0) is 35.0 Å². The Bertz CT molecular complexity index is 664. The van der Waals surface area contributed by atoms with E-state index in [1.165, 1.54) is 5.56 Å². The quantitative estimate of drug-likeness (QED) is 0.788. The lowest BCUT2D eigenvalue weighted by molar-refractivity contribution is 0.785. The third-order valence-electron chi connectivity index (χ3n) is 3.17. The van der Waals surface area contributed by atoms with Crippen molar-refractivity contribution in [3.05, 3.63) is 66.5 Å². The highest BCUT2D eigenvalue weighted by Gasteiger charge is 2.09. The van der Waals surface area contributed by atoms with E-state index in [4.69, 9.17) is 0 Å². The fourth-order valence-corrected chi connectivity index (χ4v) is 2.13. The summed E-state index contributed by atoms with van der Waals surface area (Å²) in [6.07, 6.45) is 1.59. The van der Waals surface area contributed by atoms with Gasteiger partial charge < -0.3 is 5.32 Å². The Morgan fingerprint density at radius 1 is 1.00 bits per heavy atom. The van der Waals surface area contributed by atoms with Gasteiger partial charge in [0.05, 0.1) is 11.4 Å². The van der Waals surface area contributed by atoms with Gasteiger partial charge in [0.15, 0.2) is 0 Å². The first-order valence-electron chi connectivity index (χ1n) is 6.48. The zero-order chi connectivity index (χ0) is 13.8. The maximum Gasteiger partial charge on any atom is 0.143 e. The molecule has 0 fully saturated rings. The highest BCUT2D eigenvalue weighted by molar-refractivity contribution is 5.61. The maximum absolute atomic E-state index is 3.94. The molecule has 0 saturated heterocycles. The van der Waals surface area contributed by atoms with Gasteiger partial charge in [-0.25, -0.2) is 0 Å². The Morgan fingerprint density at radius 2 is 1.75 bits per heavy atom. The summed E-state index contributed by atoms with van der Waals surface area (Å²) in [7, 11) is 0. The Morgan fingerprint density at radius 3 is 2.50 bits per heavy atom. The summed E-state index contributed by atoms with van der Waals surface area (Å²) in [5, 5.41) is 14.8. The van der Waals surface area contributed by atoms with Crippen molar-refractivity contribution in [3.8, 4) is 5.69 Å². The SMILES string of the molecule is CC(Nc1ccccc1-n1cnnn1)c1ccccc1. The van der Waals surface area contributed by atoms with Gasteiger partial charge in [0.1, 0.15) is 6.33 Å². The van der Waals surface area contributed by atoms with E-state index in [1.54, 1.807) is 11.0 Å². The van der Waals surface area contributed by atoms with Crippen LogP contribution < -0.4 is 5.32 Å². The third-order valence-corrected chi connectivity index (χ3v) is 3.17. The molecule has 20 heavy (non-hydrogen) atoms. The second-order valence-corrected chi connectivity index (χ2v) is 4.55. The number of nitrogens with one attached hydrogen (secondary N) is 1. The molecule has 100 valence electrons. The van der Waals surface area contributed by atoms with Gasteiger partial charge in [0.25, 0.3) is 0 Å². The Hall–Kier alpha value is -2.69. The average Bonchev–Trinajstić information content (AvgIpc) is 3.03. The number of anilines is 1. The smallest absolute Gasteiger partial charge is 0.143 e. The van der Waals surface area contributed by atoms with Crippen molar-refractivity contribution < 1.29 is 0 Å². The maximum atomic E-state index is 3.94. The van der Waals surface area contributed by atoms with Crippen LogP contribution in [0.3, 0.4) is 0 Å². The number of hydrogen-bond donors (Lipinski definition) is 1. The number of rotatable bonds is 4. The molecule has 0 aliphatic carbocycles. The molecule has 5 nitrogen and oxygen atoms in total. The van der Waals surface area contributed by atoms with Gasteiger partial charge in [-0.3, -0.25) is 0 Å². The summed E-state index contributed by atoms with van der Waals surface area (Å²) in [4.78, 5) is 0. The molecule has 5 heteroatoms. The van der Waals surface area contributed by atoms with Crippen molar-refractivity contribution >= 4 is 5.69 Å². The molecule has 1 atom stereocenters. The first-order chi connectivity index (χ1) is 9.84. The van der Waals surface area contributed by atoms with E-state index in [0.29, 0.717) is 0 Å².